The molecule has 0 radical (unpaired) electrons. The molecule has 2 aromatic rings. The molecule has 7 nitrogen and oxygen atoms in total. The van der Waals surface area contributed by atoms with Crippen LogP contribution in [0.4, 0.5) is 17.5 Å². The van der Waals surface area contributed by atoms with Gasteiger partial charge in [-0.15, -0.1) is 0 Å². The molecule has 1 aromatic heterocycles. The lowest BCUT2D eigenvalue weighted by Crippen LogP contribution is -2.42. The van der Waals surface area contributed by atoms with Crippen LogP contribution in [0.2, 0.25) is 0 Å². The maximum atomic E-state index is 5.54. The number of aromatic nitrogens is 2. The summed E-state index contributed by atoms with van der Waals surface area (Å²) in [7, 11) is 4.14. The third-order valence-electron chi connectivity index (χ3n) is 6.40. The summed E-state index contributed by atoms with van der Waals surface area (Å²) >= 11 is 5.54. The minimum Gasteiger partial charge on any atom is -0.494 e. The summed E-state index contributed by atoms with van der Waals surface area (Å²) in [4.78, 5) is 11.9. The lowest BCUT2D eigenvalue weighted by Gasteiger charge is -2.31. The van der Waals surface area contributed by atoms with Crippen LogP contribution in [0.3, 0.4) is 0 Å². The van der Waals surface area contributed by atoms with Crippen molar-refractivity contribution < 1.29 is 4.74 Å². The molecule has 2 aliphatic carbocycles. The van der Waals surface area contributed by atoms with E-state index in [0.29, 0.717) is 23.8 Å². The van der Waals surface area contributed by atoms with Gasteiger partial charge >= 0.3 is 0 Å². The lowest BCUT2D eigenvalue weighted by atomic mass is 9.91. The van der Waals surface area contributed by atoms with Crippen LogP contribution in [0.5, 0.6) is 5.75 Å². The van der Waals surface area contributed by atoms with E-state index in [2.05, 4.69) is 34.9 Å². The van der Waals surface area contributed by atoms with Gasteiger partial charge in [0, 0.05) is 37.4 Å². The highest BCUT2D eigenvalue weighted by molar-refractivity contribution is 7.80. The van der Waals surface area contributed by atoms with Crippen molar-refractivity contribution in [1.29, 1.82) is 0 Å². The molecule has 1 heterocycles. The van der Waals surface area contributed by atoms with E-state index in [1.165, 1.54) is 24.1 Å². The Bertz CT molecular complexity index is 941. The van der Waals surface area contributed by atoms with Crippen molar-refractivity contribution in [2.45, 2.75) is 70.4 Å². The molecule has 1 fully saturated rings. The highest BCUT2D eigenvalue weighted by Gasteiger charge is 2.24. The summed E-state index contributed by atoms with van der Waals surface area (Å²) in [5, 5.41) is 11.0. The average Bonchev–Trinajstić information content (AvgIpc) is 2.81. The van der Waals surface area contributed by atoms with Gasteiger partial charge in [-0.2, -0.15) is 4.98 Å². The molecule has 1 aromatic carbocycles. The van der Waals surface area contributed by atoms with Crippen LogP contribution in [0.1, 0.15) is 56.7 Å². The topological polar surface area (TPSA) is 74.3 Å². The zero-order valence-electron chi connectivity index (χ0n) is 20.0. The Balaban J connectivity index is 1.27. The number of fused-ring (bicyclic) bond motifs is 1. The minimum absolute atomic E-state index is 0.382. The first-order chi connectivity index (χ1) is 16.0. The van der Waals surface area contributed by atoms with Gasteiger partial charge in [-0.05, 0) is 94.8 Å². The number of hydrogen-bond donors (Lipinski definition) is 3. The van der Waals surface area contributed by atoms with Crippen LogP contribution in [0.15, 0.2) is 24.3 Å². The molecule has 0 saturated heterocycles. The van der Waals surface area contributed by atoms with Gasteiger partial charge in [0.1, 0.15) is 11.6 Å². The maximum Gasteiger partial charge on any atom is 0.225 e. The molecule has 0 aliphatic heterocycles. The Morgan fingerprint density at radius 2 is 1.73 bits per heavy atom. The molecule has 0 spiro atoms. The molecule has 0 amide bonds. The Kier molecular flexibility index (Phi) is 7.85. The summed E-state index contributed by atoms with van der Waals surface area (Å²) in [6.45, 7) is 2.65. The standard InChI is InChI=1S/C25H36N6OS/c1-4-32-20-15-13-19(14-16-20)28-25(33)27-18-11-9-17(10-12-18)26-24-29-22-8-6-5-7-21(22)23(30-24)31(2)3/h13-18H,4-12H2,1-3H3,(H,26,29,30)(H2,27,28,33). The third kappa shape index (κ3) is 6.25. The summed E-state index contributed by atoms with van der Waals surface area (Å²) in [6.07, 6.45) is 8.87. The highest BCUT2D eigenvalue weighted by Crippen LogP contribution is 2.29. The van der Waals surface area contributed by atoms with E-state index in [4.69, 9.17) is 26.9 Å². The van der Waals surface area contributed by atoms with E-state index in [1.807, 2.05) is 31.2 Å². The van der Waals surface area contributed by atoms with E-state index in [-0.39, 0.29) is 0 Å². The number of hydrogen-bond acceptors (Lipinski definition) is 6. The highest BCUT2D eigenvalue weighted by atomic mass is 32.1. The summed E-state index contributed by atoms with van der Waals surface area (Å²) < 4.78 is 5.49. The van der Waals surface area contributed by atoms with E-state index in [0.717, 1.165) is 61.7 Å². The molecular formula is C25H36N6OS. The molecule has 33 heavy (non-hydrogen) atoms. The van der Waals surface area contributed by atoms with E-state index in [9.17, 15) is 0 Å². The van der Waals surface area contributed by atoms with Gasteiger partial charge in [-0.25, -0.2) is 4.98 Å². The van der Waals surface area contributed by atoms with Crippen LogP contribution in [0.25, 0.3) is 0 Å². The molecule has 0 unspecified atom stereocenters. The number of anilines is 3. The van der Waals surface area contributed by atoms with Crippen molar-refractivity contribution in [2.75, 3.05) is 36.2 Å². The Labute approximate surface area is 202 Å². The van der Waals surface area contributed by atoms with Gasteiger partial charge in [0.15, 0.2) is 5.11 Å². The predicted octanol–water partition coefficient (Wildman–Crippen LogP) is 4.53. The predicted molar refractivity (Wildman–Crippen MR) is 140 cm³/mol. The number of nitrogens with one attached hydrogen (secondary N) is 3. The molecule has 2 aliphatic rings. The van der Waals surface area contributed by atoms with E-state index >= 15 is 0 Å². The number of thiocarbonyl (C=S) groups is 1. The van der Waals surface area contributed by atoms with E-state index in [1.54, 1.807) is 0 Å². The van der Waals surface area contributed by atoms with Crippen molar-refractivity contribution in [3.05, 3.63) is 35.5 Å². The van der Waals surface area contributed by atoms with Crippen LogP contribution in [0, 0.1) is 0 Å². The van der Waals surface area contributed by atoms with Crippen LogP contribution < -0.4 is 25.6 Å². The van der Waals surface area contributed by atoms with Crippen LogP contribution >= 0.6 is 12.2 Å². The Morgan fingerprint density at radius 3 is 2.42 bits per heavy atom. The zero-order valence-corrected chi connectivity index (χ0v) is 20.8. The molecule has 8 heteroatoms. The Morgan fingerprint density at radius 1 is 1.03 bits per heavy atom. The van der Waals surface area contributed by atoms with Gasteiger partial charge in [-0.3, -0.25) is 0 Å². The normalized spacial score (nSPS) is 19.8. The number of nitrogens with zero attached hydrogens (tertiary/aromatic N) is 3. The molecule has 4 rings (SSSR count). The molecule has 1 saturated carbocycles. The second-order valence-corrected chi connectivity index (χ2v) is 9.55. The van der Waals surface area contributed by atoms with Crippen LogP contribution in [-0.2, 0) is 12.8 Å². The largest absolute Gasteiger partial charge is 0.494 e. The molecule has 0 atom stereocenters. The van der Waals surface area contributed by atoms with Crippen LogP contribution in [-0.4, -0.2) is 47.9 Å². The smallest absolute Gasteiger partial charge is 0.225 e. The molecule has 0 bridgehead atoms. The first-order valence-corrected chi connectivity index (χ1v) is 12.6. The van der Waals surface area contributed by atoms with Gasteiger partial charge in [0.2, 0.25) is 5.95 Å². The first kappa shape index (κ1) is 23.5. The fourth-order valence-electron chi connectivity index (χ4n) is 4.73. The lowest BCUT2D eigenvalue weighted by molar-refractivity contribution is 0.340. The third-order valence-corrected chi connectivity index (χ3v) is 6.62. The van der Waals surface area contributed by atoms with Gasteiger partial charge in [0.05, 0.1) is 12.3 Å². The average molecular weight is 469 g/mol. The summed E-state index contributed by atoms with van der Waals surface area (Å²) in [6, 6.07) is 8.66. The number of benzene rings is 1. The van der Waals surface area contributed by atoms with Gasteiger partial charge < -0.3 is 25.6 Å². The van der Waals surface area contributed by atoms with E-state index < -0.39 is 0 Å². The number of ether oxygens (including phenoxy) is 1. The SMILES string of the molecule is CCOc1ccc(NC(=S)NC2CCC(Nc3nc4c(c(N(C)C)n3)CCCC4)CC2)cc1. The second kappa shape index (κ2) is 11.0. The molecule has 3 N–H and O–H groups in total. The zero-order chi connectivity index (χ0) is 23.2. The van der Waals surface area contributed by atoms with Crippen molar-refractivity contribution in [2.24, 2.45) is 0 Å². The minimum atomic E-state index is 0.382. The van der Waals surface area contributed by atoms with Gasteiger partial charge in [0.25, 0.3) is 0 Å². The summed E-state index contributed by atoms with van der Waals surface area (Å²) in [5.74, 6) is 2.72. The monoisotopic (exact) mass is 468 g/mol. The maximum absolute atomic E-state index is 5.54. The van der Waals surface area contributed by atoms with Crippen molar-refractivity contribution in [3.8, 4) is 5.75 Å². The van der Waals surface area contributed by atoms with Crippen molar-refractivity contribution in [1.82, 2.24) is 15.3 Å². The summed E-state index contributed by atoms with van der Waals surface area (Å²) in [5.41, 5.74) is 3.52. The Hall–Kier alpha value is -2.61. The fraction of sp³-hybridized carbons (Fsp3) is 0.560. The van der Waals surface area contributed by atoms with Gasteiger partial charge in [-0.1, -0.05) is 0 Å². The first-order valence-electron chi connectivity index (χ1n) is 12.2. The number of rotatable bonds is 7. The number of aryl methyl sites for hydroxylation is 1. The quantitative estimate of drug-likeness (QED) is 0.512. The molecular weight excluding hydrogens is 432 g/mol. The second-order valence-electron chi connectivity index (χ2n) is 9.15. The molecule has 178 valence electrons. The fourth-order valence-corrected chi connectivity index (χ4v) is 5.01. The van der Waals surface area contributed by atoms with Crippen molar-refractivity contribution >= 4 is 34.8 Å². The van der Waals surface area contributed by atoms with Crippen molar-refractivity contribution in [3.63, 3.8) is 0 Å².